The zero-order chi connectivity index (χ0) is 14.0. The summed E-state index contributed by atoms with van der Waals surface area (Å²) in [4.78, 5) is 2.08. The van der Waals surface area contributed by atoms with E-state index in [-0.39, 0.29) is 5.82 Å². The van der Waals surface area contributed by atoms with E-state index >= 15 is 0 Å². The van der Waals surface area contributed by atoms with Crippen molar-refractivity contribution in [3.8, 4) is 12.3 Å². The summed E-state index contributed by atoms with van der Waals surface area (Å²) in [6.45, 7) is 4.75. The van der Waals surface area contributed by atoms with Crippen LogP contribution in [0.3, 0.4) is 0 Å². The molecule has 0 saturated heterocycles. The molecule has 2 nitrogen and oxygen atoms in total. The second-order valence-corrected chi connectivity index (χ2v) is 5.36. The van der Waals surface area contributed by atoms with E-state index in [0.717, 1.165) is 12.2 Å². The van der Waals surface area contributed by atoms with Crippen LogP contribution in [0.2, 0.25) is 0 Å². The first-order valence-electron chi connectivity index (χ1n) is 6.69. The van der Waals surface area contributed by atoms with Crippen LogP contribution in [0.5, 0.6) is 0 Å². The number of hydrogen-bond donors (Lipinski definition) is 1. The van der Waals surface area contributed by atoms with Crippen LogP contribution in [0.1, 0.15) is 37.0 Å². The molecule has 19 heavy (non-hydrogen) atoms. The number of nitrogens with zero attached hydrogens (tertiary/aromatic N) is 1. The fourth-order valence-electron chi connectivity index (χ4n) is 2.26. The molecule has 0 bridgehead atoms. The normalized spacial score (nSPS) is 15.9. The molecule has 0 spiro atoms. The molecule has 0 aliphatic heterocycles. The van der Waals surface area contributed by atoms with Crippen LogP contribution >= 0.6 is 0 Å². The largest absolute Gasteiger partial charge is 0.389 e. The fraction of sp³-hybridized carbons (Fsp3) is 0.500. The zero-order valence-electron chi connectivity index (χ0n) is 11.5. The minimum Gasteiger partial charge on any atom is -0.389 e. The summed E-state index contributed by atoms with van der Waals surface area (Å²) in [6, 6.07) is 3.21. The van der Waals surface area contributed by atoms with Gasteiger partial charge in [0.05, 0.1) is 12.6 Å². The van der Waals surface area contributed by atoms with Gasteiger partial charge in [0.25, 0.3) is 0 Å². The molecule has 2 rings (SSSR count). The fourth-order valence-corrected chi connectivity index (χ4v) is 2.26. The maximum absolute atomic E-state index is 13.7. The van der Waals surface area contributed by atoms with Crippen molar-refractivity contribution in [1.82, 2.24) is 0 Å². The Hall–Kier alpha value is -1.53. The number of terminal acetylenes is 1. The molecule has 0 amide bonds. The van der Waals surface area contributed by atoms with Gasteiger partial charge in [0.2, 0.25) is 0 Å². The van der Waals surface area contributed by atoms with Crippen molar-refractivity contribution in [2.45, 2.75) is 32.8 Å². The van der Waals surface area contributed by atoms with Gasteiger partial charge >= 0.3 is 0 Å². The molecule has 1 fully saturated rings. The Morgan fingerprint density at radius 2 is 2.21 bits per heavy atom. The molecule has 0 unspecified atom stereocenters. The predicted octanol–water partition coefficient (Wildman–Crippen LogP) is 3.04. The van der Waals surface area contributed by atoms with Crippen LogP contribution in [-0.4, -0.2) is 18.2 Å². The summed E-state index contributed by atoms with van der Waals surface area (Å²) < 4.78 is 13.7. The number of hydrogen-bond acceptors (Lipinski definition) is 2. The molecule has 0 aromatic heterocycles. The van der Waals surface area contributed by atoms with Crippen LogP contribution < -0.4 is 4.90 Å². The number of aliphatic hydroxyl groups excluding tert-OH is 1. The Balaban J connectivity index is 2.38. The van der Waals surface area contributed by atoms with Gasteiger partial charge in [0, 0.05) is 17.8 Å². The van der Waals surface area contributed by atoms with E-state index in [4.69, 9.17) is 6.42 Å². The molecule has 1 aromatic rings. The first-order chi connectivity index (χ1) is 9.02. The molecule has 1 aromatic carbocycles. The van der Waals surface area contributed by atoms with Gasteiger partial charge in [-0.25, -0.2) is 4.39 Å². The average molecular weight is 261 g/mol. The maximum atomic E-state index is 13.7. The third-order valence-corrected chi connectivity index (χ3v) is 3.56. The van der Waals surface area contributed by atoms with E-state index in [1.54, 1.807) is 19.9 Å². The van der Waals surface area contributed by atoms with E-state index in [1.165, 1.54) is 18.9 Å². The van der Waals surface area contributed by atoms with Crippen LogP contribution in [0.15, 0.2) is 12.1 Å². The van der Waals surface area contributed by atoms with Crippen LogP contribution in [-0.2, 0) is 0 Å². The van der Waals surface area contributed by atoms with Crippen molar-refractivity contribution in [3.63, 3.8) is 0 Å². The van der Waals surface area contributed by atoms with Crippen LogP contribution in [0, 0.1) is 31.0 Å². The van der Waals surface area contributed by atoms with E-state index < -0.39 is 6.10 Å². The van der Waals surface area contributed by atoms with Gasteiger partial charge in [-0.2, -0.15) is 0 Å². The predicted molar refractivity (Wildman–Crippen MR) is 75.5 cm³/mol. The van der Waals surface area contributed by atoms with Crippen molar-refractivity contribution < 1.29 is 9.50 Å². The molecule has 3 heteroatoms. The van der Waals surface area contributed by atoms with Gasteiger partial charge in [-0.1, -0.05) is 5.92 Å². The van der Waals surface area contributed by atoms with Gasteiger partial charge in [-0.3, -0.25) is 0 Å². The molecule has 1 N–H and O–H groups in total. The third-order valence-electron chi connectivity index (χ3n) is 3.56. The average Bonchev–Trinajstić information content (AvgIpc) is 3.15. The first kappa shape index (κ1) is 13.9. The SMILES string of the molecule is C#CCN(CC1CC1)c1cc(C)c(F)cc1[C@H](C)O. The lowest BCUT2D eigenvalue weighted by Crippen LogP contribution is -2.27. The lowest BCUT2D eigenvalue weighted by atomic mass is 10.0. The van der Waals surface area contributed by atoms with Crippen molar-refractivity contribution in [2.24, 2.45) is 5.92 Å². The molecule has 0 radical (unpaired) electrons. The van der Waals surface area contributed by atoms with Crippen LogP contribution in [0.4, 0.5) is 10.1 Å². The molecule has 1 atom stereocenters. The second-order valence-electron chi connectivity index (χ2n) is 5.36. The Morgan fingerprint density at radius 3 is 2.74 bits per heavy atom. The molecule has 102 valence electrons. The monoisotopic (exact) mass is 261 g/mol. The lowest BCUT2D eigenvalue weighted by molar-refractivity contribution is 0.199. The number of aryl methyl sites for hydroxylation is 1. The van der Waals surface area contributed by atoms with Gasteiger partial charge in [0.1, 0.15) is 5.82 Å². The number of aliphatic hydroxyl groups is 1. The van der Waals surface area contributed by atoms with Crippen LogP contribution in [0.25, 0.3) is 0 Å². The number of benzene rings is 1. The van der Waals surface area contributed by atoms with Crippen molar-refractivity contribution >= 4 is 5.69 Å². The number of anilines is 1. The summed E-state index contributed by atoms with van der Waals surface area (Å²) in [5, 5.41) is 9.84. The standard InChI is InChI=1S/C16H20FNO/c1-4-7-18(10-13-5-6-13)16-8-11(2)15(17)9-14(16)12(3)19/h1,8-9,12-13,19H,5-7,10H2,2-3H3/t12-/m0/s1. The summed E-state index contributed by atoms with van der Waals surface area (Å²) in [5.41, 5.74) is 2.05. The van der Waals surface area contributed by atoms with Gasteiger partial charge in [-0.05, 0) is 50.3 Å². The summed E-state index contributed by atoms with van der Waals surface area (Å²) in [6.07, 6.45) is 7.18. The summed E-state index contributed by atoms with van der Waals surface area (Å²) >= 11 is 0. The lowest BCUT2D eigenvalue weighted by Gasteiger charge is -2.27. The van der Waals surface area contributed by atoms with E-state index in [1.807, 2.05) is 0 Å². The Bertz CT molecular complexity index is 500. The van der Waals surface area contributed by atoms with Crippen molar-refractivity contribution in [1.29, 1.82) is 0 Å². The maximum Gasteiger partial charge on any atom is 0.126 e. The topological polar surface area (TPSA) is 23.5 Å². The highest BCUT2D eigenvalue weighted by atomic mass is 19.1. The highest BCUT2D eigenvalue weighted by molar-refractivity contribution is 5.57. The highest BCUT2D eigenvalue weighted by Crippen LogP contribution is 2.34. The van der Waals surface area contributed by atoms with Gasteiger partial charge in [0.15, 0.2) is 0 Å². The summed E-state index contributed by atoms with van der Waals surface area (Å²) in [7, 11) is 0. The van der Waals surface area contributed by atoms with Crippen molar-refractivity contribution in [2.75, 3.05) is 18.0 Å². The highest BCUT2D eigenvalue weighted by Gasteiger charge is 2.26. The minimum absolute atomic E-state index is 0.285. The Labute approximate surface area is 114 Å². The smallest absolute Gasteiger partial charge is 0.126 e. The minimum atomic E-state index is -0.704. The molecule has 1 aliphatic rings. The van der Waals surface area contributed by atoms with E-state index in [9.17, 15) is 9.50 Å². The molecule has 1 aliphatic carbocycles. The Morgan fingerprint density at radius 1 is 1.53 bits per heavy atom. The van der Waals surface area contributed by atoms with Gasteiger partial charge in [-0.15, -0.1) is 6.42 Å². The van der Waals surface area contributed by atoms with Crippen molar-refractivity contribution in [3.05, 3.63) is 29.1 Å². The third kappa shape index (κ3) is 3.27. The zero-order valence-corrected chi connectivity index (χ0v) is 11.5. The second kappa shape index (κ2) is 5.63. The summed E-state index contributed by atoms with van der Waals surface area (Å²) in [5.74, 6) is 3.05. The Kier molecular flexibility index (Phi) is 4.11. The van der Waals surface area contributed by atoms with Gasteiger partial charge < -0.3 is 10.0 Å². The quantitative estimate of drug-likeness (QED) is 0.824. The first-order valence-corrected chi connectivity index (χ1v) is 6.69. The molecular weight excluding hydrogens is 241 g/mol. The molecular formula is C16H20FNO. The molecule has 1 saturated carbocycles. The number of rotatable bonds is 5. The number of halogens is 1. The molecule has 0 heterocycles. The van der Waals surface area contributed by atoms with E-state index in [0.29, 0.717) is 23.6 Å². The van der Waals surface area contributed by atoms with E-state index in [2.05, 4.69) is 10.8 Å².